The van der Waals surface area contributed by atoms with Crippen LogP contribution in [0.4, 0.5) is 11.4 Å². The summed E-state index contributed by atoms with van der Waals surface area (Å²) in [5.74, 6) is -0.515. The molecule has 0 aromatic heterocycles. The van der Waals surface area contributed by atoms with Crippen LogP contribution >= 0.6 is 0 Å². The van der Waals surface area contributed by atoms with E-state index in [1.54, 1.807) is 24.3 Å². The zero-order valence-corrected chi connectivity index (χ0v) is 14.0. The zero-order valence-electron chi connectivity index (χ0n) is 14.0. The van der Waals surface area contributed by atoms with Crippen LogP contribution in [-0.4, -0.2) is 18.4 Å². The van der Waals surface area contributed by atoms with E-state index in [-0.39, 0.29) is 18.4 Å². The van der Waals surface area contributed by atoms with Gasteiger partial charge in [0.05, 0.1) is 11.6 Å². The predicted octanol–water partition coefficient (Wildman–Crippen LogP) is 3.17. The van der Waals surface area contributed by atoms with E-state index in [0.717, 1.165) is 16.8 Å². The van der Waals surface area contributed by atoms with Crippen LogP contribution in [0.25, 0.3) is 0 Å². The number of hydrogen-bond acceptors (Lipinski definition) is 3. The summed E-state index contributed by atoms with van der Waals surface area (Å²) in [5.41, 5.74) is 3.91. The highest BCUT2D eigenvalue weighted by Gasteiger charge is 2.16. The number of nitrogens with one attached hydrogen (secondary N) is 1. The molecule has 2 aromatic rings. The van der Waals surface area contributed by atoms with Crippen molar-refractivity contribution in [2.45, 2.75) is 20.8 Å². The summed E-state index contributed by atoms with van der Waals surface area (Å²) in [4.78, 5) is 25.6. The molecule has 2 aromatic carbocycles. The normalized spacial score (nSPS) is 9.92. The minimum atomic E-state index is -0.275. The molecule has 0 bridgehead atoms. The SMILES string of the molecule is CC(=O)N(CC(=O)Nc1cccc(C)c1C)c1ccc(C#N)cc1. The standard InChI is InChI=1S/C19H19N3O2/c1-13-5-4-6-18(14(13)2)21-19(24)12-22(15(3)23)17-9-7-16(11-20)8-10-17/h4-10H,12H2,1-3H3,(H,21,24). The summed E-state index contributed by atoms with van der Waals surface area (Å²) in [6.45, 7) is 5.23. The summed E-state index contributed by atoms with van der Waals surface area (Å²) >= 11 is 0. The number of carbonyl (C=O) groups is 2. The maximum atomic E-state index is 12.3. The first-order valence-corrected chi connectivity index (χ1v) is 7.56. The van der Waals surface area contributed by atoms with Crippen molar-refractivity contribution in [2.24, 2.45) is 0 Å². The lowest BCUT2D eigenvalue weighted by atomic mass is 10.1. The van der Waals surface area contributed by atoms with Crippen molar-refractivity contribution in [2.75, 3.05) is 16.8 Å². The second kappa shape index (κ2) is 7.42. The van der Waals surface area contributed by atoms with E-state index in [2.05, 4.69) is 5.32 Å². The summed E-state index contributed by atoms with van der Waals surface area (Å²) < 4.78 is 0. The maximum absolute atomic E-state index is 12.3. The molecule has 0 aliphatic carbocycles. The van der Waals surface area contributed by atoms with Gasteiger partial charge in [0, 0.05) is 18.3 Å². The van der Waals surface area contributed by atoms with Crippen LogP contribution in [0, 0.1) is 25.2 Å². The molecule has 0 radical (unpaired) electrons. The second-order valence-corrected chi connectivity index (χ2v) is 5.56. The van der Waals surface area contributed by atoms with Gasteiger partial charge >= 0.3 is 0 Å². The monoisotopic (exact) mass is 321 g/mol. The van der Waals surface area contributed by atoms with E-state index in [0.29, 0.717) is 11.3 Å². The molecule has 2 rings (SSSR count). The third-order valence-electron chi connectivity index (χ3n) is 3.87. The van der Waals surface area contributed by atoms with E-state index >= 15 is 0 Å². The molecule has 2 amide bonds. The van der Waals surface area contributed by atoms with Crippen LogP contribution in [0.5, 0.6) is 0 Å². The number of aryl methyl sites for hydroxylation is 1. The molecule has 24 heavy (non-hydrogen) atoms. The van der Waals surface area contributed by atoms with Crippen LogP contribution in [-0.2, 0) is 9.59 Å². The fourth-order valence-corrected chi connectivity index (χ4v) is 2.32. The molecule has 122 valence electrons. The summed E-state index contributed by atoms with van der Waals surface area (Å²) in [5, 5.41) is 11.7. The Labute approximate surface area is 141 Å². The lowest BCUT2D eigenvalue weighted by Gasteiger charge is -2.21. The molecule has 0 unspecified atom stereocenters. The summed E-state index contributed by atoms with van der Waals surface area (Å²) in [7, 11) is 0. The van der Waals surface area contributed by atoms with Crippen LogP contribution in [0.2, 0.25) is 0 Å². The lowest BCUT2D eigenvalue weighted by molar-refractivity contribution is -0.120. The number of nitrogens with zero attached hydrogens (tertiary/aromatic N) is 2. The Hall–Kier alpha value is -3.13. The highest BCUT2D eigenvalue weighted by molar-refractivity contribution is 6.02. The Bertz CT molecular complexity index is 804. The number of hydrogen-bond donors (Lipinski definition) is 1. The van der Waals surface area contributed by atoms with E-state index in [4.69, 9.17) is 5.26 Å². The molecule has 0 fully saturated rings. The van der Waals surface area contributed by atoms with Crippen molar-refractivity contribution in [1.29, 1.82) is 5.26 Å². The van der Waals surface area contributed by atoms with Crippen LogP contribution < -0.4 is 10.2 Å². The molecule has 0 aliphatic rings. The van der Waals surface area contributed by atoms with Gasteiger partial charge in [0.25, 0.3) is 0 Å². The van der Waals surface area contributed by atoms with Gasteiger partial charge in [-0.05, 0) is 55.3 Å². The molecular formula is C19H19N3O2. The van der Waals surface area contributed by atoms with Gasteiger partial charge in [-0.3, -0.25) is 9.59 Å². The smallest absolute Gasteiger partial charge is 0.244 e. The molecule has 1 N–H and O–H groups in total. The van der Waals surface area contributed by atoms with Gasteiger partial charge in [0.2, 0.25) is 11.8 Å². The van der Waals surface area contributed by atoms with E-state index in [1.165, 1.54) is 11.8 Å². The molecule has 0 atom stereocenters. The molecule has 0 heterocycles. The lowest BCUT2D eigenvalue weighted by Crippen LogP contribution is -2.36. The van der Waals surface area contributed by atoms with Crippen molar-refractivity contribution in [3.05, 3.63) is 59.2 Å². The first-order valence-electron chi connectivity index (χ1n) is 7.56. The Morgan fingerprint density at radius 1 is 1.12 bits per heavy atom. The average Bonchev–Trinajstić information content (AvgIpc) is 2.57. The Balaban J connectivity index is 2.15. The molecular weight excluding hydrogens is 302 g/mol. The number of carbonyl (C=O) groups excluding carboxylic acids is 2. The van der Waals surface area contributed by atoms with Crippen LogP contribution in [0.3, 0.4) is 0 Å². The minimum Gasteiger partial charge on any atom is -0.324 e. The largest absolute Gasteiger partial charge is 0.324 e. The summed E-state index contributed by atoms with van der Waals surface area (Å²) in [6, 6.07) is 14.3. The van der Waals surface area contributed by atoms with Crippen molar-refractivity contribution in [3.8, 4) is 6.07 Å². The maximum Gasteiger partial charge on any atom is 0.244 e. The third-order valence-corrected chi connectivity index (χ3v) is 3.87. The molecule has 0 saturated heterocycles. The van der Waals surface area contributed by atoms with E-state index < -0.39 is 0 Å². The van der Waals surface area contributed by atoms with Gasteiger partial charge in [0.1, 0.15) is 6.54 Å². The van der Waals surface area contributed by atoms with E-state index in [1.807, 2.05) is 38.1 Å². The highest BCUT2D eigenvalue weighted by atomic mass is 16.2. The molecule has 0 aliphatic heterocycles. The Morgan fingerprint density at radius 3 is 2.38 bits per heavy atom. The van der Waals surface area contributed by atoms with Gasteiger partial charge in [0.15, 0.2) is 0 Å². The minimum absolute atomic E-state index is 0.0887. The van der Waals surface area contributed by atoms with Crippen LogP contribution in [0.15, 0.2) is 42.5 Å². The average molecular weight is 321 g/mol. The molecule has 0 spiro atoms. The molecule has 5 nitrogen and oxygen atoms in total. The number of anilines is 2. The van der Waals surface area contributed by atoms with Crippen molar-refractivity contribution in [3.63, 3.8) is 0 Å². The fourth-order valence-electron chi connectivity index (χ4n) is 2.32. The van der Waals surface area contributed by atoms with Gasteiger partial charge in [-0.2, -0.15) is 5.26 Å². The predicted molar refractivity (Wildman–Crippen MR) is 93.7 cm³/mol. The fraction of sp³-hybridized carbons (Fsp3) is 0.211. The van der Waals surface area contributed by atoms with Crippen LogP contribution in [0.1, 0.15) is 23.6 Å². The summed E-state index contributed by atoms with van der Waals surface area (Å²) in [6.07, 6.45) is 0. The van der Waals surface area contributed by atoms with Crippen molar-refractivity contribution >= 4 is 23.2 Å². The quantitative estimate of drug-likeness (QED) is 0.940. The first-order chi connectivity index (χ1) is 11.4. The van der Waals surface area contributed by atoms with Crippen molar-refractivity contribution < 1.29 is 9.59 Å². The number of amides is 2. The Kier molecular flexibility index (Phi) is 5.33. The molecule has 5 heteroatoms. The first kappa shape index (κ1) is 17.2. The van der Waals surface area contributed by atoms with Gasteiger partial charge in [-0.1, -0.05) is 12.1 Å². The van der Waals surface area contributed by atoms with Gasteiger partial charge < -0.3 is 10.2 Å². The van der Waals surface area contributed by atoms with E-state index in [9.17, 15) is 9.59 Å². The number of rotatable bonds is 4. The zero-order chi connectivity index (χ0) is 17.7. The third kappa shape index (κ3) is 3.99. The van der Waals surface area contributed by atoms with Gasteiger partial charge in [-0.25, -0.2) is 0 Å². The topological polar surface area (TPSA) is 73.2 Å². The second-order valence-electron chi connectivity index (χ2n) is 5.56. The number of benzene rings is 2. The highest BCUT2D eigenvalue weighted by Crippen LogP contribution is 2.19. The Morgan fingerprint density at radius 2 is 1.79 bits per heavy atom. The van der Waals surface area contributed by atoms with Crippen molar-refractivity contribution in [1.82, 2.24) is 0 Å². The van der Waals surface area contributed by atoms with Gasteiger partial charge in [-0.15, -0.1) is 0 Å². The number of nitriles is 1. The molecule has 0 saturated carbocycles.